The smallest absolute Gasteiger partial charge is 0.109 e. The van der Waals surface area contributed by atoms with Crippen molar-refractivity contribution in [3.8, 4) is 0 Å². The van der Waals surface area contributed by atoms with Gasteiger partial charge in [-0.3, -0.25) is 0 Å². The number of hydrogen-bond acceptors (Lipinski definition) is 4. The maximum absolute atomic E-state index is 4.41. The summed E-state index contributed by atoms with van der Waals surface area (Å²) in [6.45, 7) is 0. The van der Waals surface area contributed by atoms with Crippen LogP contribution in [0, 0.1) is 0 Å². The van der Waals surface area contributed by atoms with E-state index in [2.05, 4.69) is 76.5 Å². The average Bonchev–Trinajstić information content (AvgIpc) is 3.39. The molecule has 2 saturated carbocycles. The van der Waals surface area contributed by atoms with Gasteiger partial charge in [0.25, 0.3) is 0 Å². The first-order valence-electron chi connectivity index (χ1n) is 8.60. The Morgan fingerprint density at radius 3 is 1.92 bits per heavy atom. The average molecular weight is 522 g/mol. The van der Waals surface area contributed by atoms with Gasteiger partial charge in [-0.05, 0) is 57.5 Å². The van der Waals surface area contributed by atoms with Crippen molar-refractivity contribution in [2.24, 2.45) is 4.30 Å². The van der Waals surface area contributed by atoms with Gasteiger partial charge in [-0.25, -0.2) is 9.97 Å². The second-order valence-electron chi connectivity index (χ2n) is 6.28. The van der Waals surface area contributed by atoms with E-state index in [1.165, 1.54) is 57.2 Å². The number of hydrogen-bond donors (Lipinski definition) is 3. The monoisotopic (exact) mass is 520 g/mol. The molecule has 0 unspecified atom stereocenters. The molecule has 0 atom stereocenters. The number of aromatic nitrogens is 4. The van der Waals surface area contributed by atoms with E-state index in [-0.39, 0.29) is 13.5 Å². The maximum atomic E-state index is 4.41. The van der Waals surface area contributed by atoms with Crippen molar-refractivity contribution in [3.63, 3.8) is 0 Å². The summed E-state index contributed by atoms with van der Waals surface area (Å²) in [7, 11) is 4.34. The molecule has 143 valence electrons. The van der Waals surface area contributed by atoms with Gasteiger partial charge in [-0.2, -0.15) is 13.5 Å². The largest absolute Gasteiger partial charge is 0.348 e. The fourth-order valence-corrected chi connectivity index (χ4v) is 4.02. The Balaban J connectivity index is 0.000000221. The fraction of sp³-hybridized carbons (Fsp3) is 0.625. The zero-order valence-corrected chi connectivity index (χ0v) is 19.7. The molecule has 2 aliphatic rings. The third-order valence-corrected chi connectivity index (χ3v) is 6.32. The molecule has 26 heavy (non-hydrogen) atoms. The molecule has 0 spiro atoms. The number of rotatable bonds is 2. The molecule has 5 nitrogen and oxygen atoms in total. The van der Waals surface area contributed by atoms with Gasteiger partial charge in [0.15, 0.2) is 0 Å². The first-order valence-corrected chi connectivity index (χ1v) is 10.6. The van der Waals surface area contributed by atoms with E-state index in [9.17, 15) is 0 Å². The Labute approximate surface area is 185 Å². The molecular formula is C16H25BBr2N5S2. The summed E-state index contributed by atoms with van der Waals surface area (Å²) in [4.78, 5) is 15.1. The van der Waals surface area contributed by atoms with E-state index in [1.54, 1.807) is 0 Å². The topological polar surface area (TPSA) is 69.7 Å². The van der Waals surface area contributed by atoms with Crippen molar-refractivity contribution in [3.05, 3.63) is 33.2 Å². The third kappa shape index (κ3) is 7.52. The quantitative estimate of drug-likeness (QED) is 0.337. The zero-order chi connectivity index (χ0) is 18.1. The molecule has 0 saturated heterocycles. The predicted molar refractivity (Wildman–Crippen MR) is 123 cm³/mol. The second kappa shape index (κ2) is 13.2. The molecule has 2 heterocycles. The van der Waals surface area contributed by atoms with Gasteiger partial charge in [0.1, 0.15) is 20.9 Å². The SMILES string of the molecule is Brc1nc(C2CCCC2)[nH]c1Br.S.[B]=NS.c1c[nH]c(C2CCCC2)n1. The molecule has 4 rings (SSSR count). The second-order valence-corrected chi connectivity index (χ2v) is 8.05. The standard InChI is InChI=1S/C8H10Br2N2.C8H12N2.BHNS.H2S/c9-6-7(10)12-8(11-6)5-3-1-2-4-5;1-2-4-7(3-1)8-9-5-6-10-8;1-2-3;/h5H,1-4H2,(H,11,12);5-7H,1-4H2,(H,9,10);3H;1H2. The van der Waals surface area contributed by atoms with Gasteiger partial charge in [0.2, 0.25) is 0 Å². The number of aromatic amines is 2. The van der Waals surface area contributed by atoms with Crippen molar-refractivity contribution in [1.29, 1.82) is 0 Å². The minimum atomic E-state index is 0. The number of nitrogens with zero attached hydrogens (tertiary/aromatic N) is 3. The van der Waals surface area contributed by atoms with Gasteiger partial charge in [-0.1, -0.05) is 25.7 Å². The van der Waals surface area contributed by atoms with Crippen LogP contribution >= 0.6 is 58.2 Å². The van der Waals surface area contributed by atoms with Gasteiger partial charge >= 0.3 is 24.8 Å². The summed E-state index contributed by atoms with van der Waals surface area (Å²) < 4.78 is 4.55. The molecule has 0 aliphatic heterocycles. The van der Waals surface area contributed by atoms with E-state index in [0.717, 1.165) is 20.9 Å². The Kier molecular flexibility index (Phi) is 12.2. The number of halogens is 2. The van der Waals surface area contributed by atoms with E-state index < -0.39 is 0 Å². The molecular weight excluding hydrogens is 497 g/mol. The molecule has 0 aromatic carbocycles. The molecule has 2 aromatic heterocycles. The minimum absolute atomic E-state index is 0. The minimum Gasteiger partial charge on any atom is -0.348 e. The molecule has 2 aliphatic carbocycles. The van der Waals surface area contributed by atoms with Crippen LogP contribution < -0.4 is 0 Å². The Morgan fingerprint density at radius 2 is 1.54 bits per heavy atom. The van der Waals surface area contributed by atoms with Crippen molar-refractivity contribution in [1.82, 2.24) is 19.9 Å². The summed E-state index contributed by atoms with van der Waals surface area (Å²) >= 11 is 9.96. The Bertz CT molecular complexity index is 607. The van der Waals surface area contributed by atoms with Crippen LogP contribution in [0.5, 0.6) is 0 Å². The van der Waals surface area contributed by atoms with Crippen molar-refractivity contribution in [2.75, 3.05) is 0 Å². The number of thiol groups is 1. The van der Waals surface area contributed by atoms with Crippen LogP contribution in [0.1, 0.15) is 74.9 Å². The first-order chi connectivity index (χ1) is 12.2. The van der Waals surface area contributed by atoms with Crippen LogP contribution in [0.15, 0.2) is 25.9 Å². The Morgan fingerprint density at radius 1 is 1.04 bits per heavy atom. The van der Waals surface area contributed by atoms with Crippen molar-refractivity contribution >= 4 is 65.8 Å². The summed E-state index contributed by atoms with van der Waals surface area (Å²) in [5.41, 5.74) is 0. The predicted octanol–water partition coefficient (Wildman–Crippen LogP) is 5.96. The number of imidazole rings is 2. The fourth-order valence-electron chi connectivity index (χ4n) is 3.44. The Hall–Kier alpha value is -0.0551. The van der Waals surface area contributed by atoms with Gasteiger partial charge < -0.3 is 9.97 Å². The molecule has 2 N–H and O–H groups in total. The van der Waals surface area contributed by atoms with E-state index in [4.69, 9.17) is 0 Å². The molecule has 2 aromatic rings. The summed E-state index contributed by atoms with van der Waals surface area (Å²) in [5, 5.41) is 0. The van der Waals surface area contributed by atoms with Crippen molar-refractivity contribution < 1.29 is 0 Å². The maximum Gasteiger partial charge on any atom is 0.109 e. The van der Waals surface area contributed by atoms with Gasteiger partial charge in [0.05, 0.1) is 0 Å². The molecule has 2 fully saturated rings. The summed E-state index contributed by atoms with van der Waals surface area (Å²) in [5.74, 6) is 3.71. The molecule has 1 radical (unpaired) electrons. The van der Waals surface area contributed by atoms with E-state index in [1.807, 2.05) is 12.4 Å². The van der Waals surface area contributed by atoms with Gasteiger partial charge in [-0.15, -0.1) is 0 Å². The summed E-state index contributed by atoms with van der Waals surface area (Å²) in [6.07, 6.45) is 14.4. The zero-order valence-electron chi connectivity index (χ0n) is 14.6. The number of H-pyrrole nitrogens is 2. The van der Waals surface area contributed by atoms with E-state index >= 15 is 0 Å². The van der Waals surface area contributed by atoms with Crippen LogP contribution in [0.25, 0.3) is 0 Å². The number of nitrogens with one attached hydrogen (secondary N) is 2. The molecule has 0 bridgehead atoms. The first kappa shape index (κ1) is 24.0. The van der Waals surface area contributed by atoms with Crippen LogP contribution in [-0.4, -0.2) is 27.6 Å². The molecule has 10 heteroatoms. The van der Waals surface area contributed by atoms with Crippen LogP contribution in [0.3, 0.4) is 0 Å². The van der Waals surface area contributed by atoms with Crippen LogP contribution in [0.4, 0.5) is 0 Å². The third-order valence-electron chi connectivity index (χ3n) is 4.64. The molecule has 0 amide bonds. The summed E-state index contributed by atoms with van der Waals surface area (Å²) in [6, 6.07) is 0. The van der Waals surface area contributed by atoms with Crippen molar-refractivity contribution in [2.45, 2.75) is 63.2 Å². The van der Waals surface area contributed by atoms with E-state index in [0.29, 0.717) is 5.92 Å². The normalized spacial score (nSPS) is 16.8. The van der Waals surface area contributed by atoms with Crippen LogP contribution in [0.2, 0.25) is 0 Å². The van der Waals surface area contributed by atoms with Crippen LogP contribution in [-0.2, 0) is 0 Å². The van der Waals surface area contributed by atoms with Gasteiger partial charge in [0, 0.05) is 24.2 Å².